The average Bonchev–Trinajstić information content (AvgIpc) is 3.03. The summed E-state index contributed by atoms with van der Waals surface area (Å²) < 4.78 is 8.58. The maximum Gasteiger partial charge on any atom is 0.0917 e. The van der Waals surface area contributed by atoms with Crippen LogP contribution in [0.2, 0.25) is 0 Å². The lowest BCUT2D eigenvalue weighted by molar-refractivity contribution is 0.180. The van der Waals surface area contributed by atoms with Crippen molar-refractivity contribution in [3.05, 3.63) is 22.5 Å². The first-order chi connectivity index (χ1) is 11.8. The topological polar surface area (TPSA) is 65.1 Å². The first-order valence-corrected chi connectivity index (χ1v) is 9.64. The molecule has 8 heteroatoms. The predicted octanol–water partition coefficient (Wildman–Crippen LogP) is 2.15. The highest BCUT2D eigenvalue weighted by Gasteiger charge is 2.07. The second-order valence-electron chi connectivity index (χ2n) is 4.75. The molecule has 146 valence electrons. The number of rotatable bonds is 3. The Labute approximate surface area is 157 Å². The zero-order valence-corrected chi connectivity index (χ0v) is 19.5. The van der Waals surface area contributed by atoms with Crippen LogP contribution in [0.25, 0.3) is 0 Å². The molecule has 0 fully saturated rings. The number of ether oxygens (including phenoxy) is 1. The van der Waals surface area contributed by atoms with Crippen LogP contribution in [0, 0.1) is 13.8 Å². The van der Waals surface area contributed by atoms with Gasteiger partial charge in [-0.2, -0.15) is 10.2 Å². The van der Waals surface area contributed by atoms with E-state index in [0.29, 0.717) is 6.61 Å². The van der Waals surface area contributed by atoms with Crippen LogP contribution in [0.3, 0.4) is 0 Å². The number of aliphatic hydroxyl groups excluding tert-OH is 1. The Balaban J connectivity index is 0. The van der Waals surface area contributed by atoms with Gasteiger partial charge < -0.3 is 9.84 Å². The first-order valence-electron chi connectivity index (χ1n) is 8.49. The number of aromatic nitrogens is 4. The normalized spacial score (nSPS) is 9.28. The molecule has 2 rings (SSSR count). The highest BCUT2D eigenvalue weighted by molar-refractivity contribution is 7.27. The molecule has 0 spiro atoms. The summed E-state index contributed by atoms with van der Waals surface area (Å²) >= 11 is 0. The molecule has 2 heterocycles. The van der Waals surface area contributed by atoms with Gasteiger partial charge in [-0.15, -0.1) is 0 Å². The van der Waals surface area contributed by atoms with Gasteiger partial charge in [0.2, 0.25) is 0 Å². The summed E-state index contributed by atoms with van der Waals surface area (Å²) in [7, 11) is 10.7. The van der Waals surface area contributed by atoms with Gasteiger partial charge in [0.25, 0.3) is 0 Å². The Bertz CT molecular complexity index is 610. The summed E-state index contributed by atoms with van der Waals surface area (Å²) in [6, 6.07) is 0. The Hall–Kier alpha value is -0.800. The van der Waals surface area contributed by atoms with E-state index in [1.54, 1.807) is 11.8 Å². The van der Waals surface area contributed by atoms with E-state index in [2.05, 4.69) is 28.7 Å². The first kappa shape index (κ1) is 26.4. The summed E-state index contributed by atoms with van der Waals surface area (Å²) in [6.07, 6.45) is 0. The van der Waals surface area contributed by atoms with Crippen molar-refractivity contribution in [2.45, 2.75) is 54.8 Å². The van der Waals surface area contributed by atoms with E-state index in [1.807, 2.05) is 60.3 Å². The molecule has 1 N–H and O–H groups in total. The number of hydrogen-bond acceptors (Lipinski definition) is 4. The Kier molecular flexibility index (Phi) is 15.2. The van der Waals surface area contributed by atoms with E-state index < -0.39 is 0 Å². The molecule has 6 nitrogen and oxygen atoms in total. The van der Waals surface area contributed by atoms with Gasteiger partial charge in [-0.3, -0.25) is 9.36 Å². The monoisotopic (exact) mass is 390 g/mol. The van der Waals surface area contributed by atoms with E-state index in [0.717, 1.165) is 27.8 Å². The minimum atomic E-state index is 0.0219. The molecule has 2 aromatic heterocycles. The van der Waals surface area contributed by atoms with E-state index in [9.17, 15) is 0 Å². The molecule has 0 bridgehead atoms. The van der Waals surface area contributed by atoms with Crippen molar-refractivity contribution in [3.63, 3.8) is 0 Å². The Morgan fingerprint density at radius 2 is 1.24 bits per heavy atom. The smallest absolute Gasteiger partial charge is 0.0917 e. The summed E-state index contributed by atoms with van der Waals surface area (Å²) in [5.41, 5.74) is 6.17. The summed E-state index contributed by atoms with van der Waals surface area (Å²) in [4.78, 5) is 0. The highest BCUT2D eigenvalue weighted by atomic mass is 31.0. The molecule has 2 unspecified atom stereocenters. The Morgan fingerprint density at radius 1 is 0.880 bits per heavy atom. The summed E-state index contributed by atoms with van der Waals surface area (Å²) in [5, 5.41) is 17.1. The maximum atomic E-state index is 8.77. The molecule has 0 aliphatic carbocycles. The van der Waals surface area contributed by atoms with Gasteiger partial charge in [0.15, 0.2) is 0 Å². The lowest BCUT2D eigenvalue weighted by atomic mass is 10.3. The van der Waals surface area contributed by atoms with Crippen LogP contribution in [0.4, 0.5) is 0 Å². The zero-order chi connectivity index (χ0) is 20.2. The van der Waals surface area contributed by atoms with E-state index >= 15 is 0 Å². The van der Waals surface area contributed by atoms with Crippen molar-refractivity contribution >= 4 is 29.3 Å². The second-order valence-corrected chi connectivity index (χ2v) is 5.85. The molecule has 0 aliphatic rings. The number of aliphatic hydroxyl groups is 1. The van der Waals surface area contributed by atoms with Gasteiger partial charge in [-0.05, 0) is 25.0 Å². The molecule has 0 amide bonds. The predicted molar refractivity (Wildman–Crippen MR) is 114 cm³/mol. The molecule has 0 aliphatic heterocycles. The lowest BCUT2D eigenvalue weighted by Crippen LogP contribution is -2.06. The summed E-state index contributed by atoms with van der Waals surface area (Å²) in [5.74, 6) is 0. The largest absolute Gasteiger partial charge is 0.390 e. The van der Waals surface area contributed by atoms with Crippen molar-refractivity contribution in [1.29, 1.82) is 0 Å². The van der Waals surface area contributed by atoms with Crippen LogP contribution in [-0.2, 0) is 32.0 Å². The Morgan fingerprint density at radius 3 is 1.44 bits per heavy atom. The van der Waals surface area contributed by atoms with Crippen molar-refractivity contribution < 1.29 is 9.84 Å². The molecule has 0 radical (unpaired) electrons. The SMILES string of the molecule is CC.CC.COCc1nn(C)c(P)c1C.Cc1c(CO)nn(C)c1P. The fourth-order valence-corrected chi connectivity index (χ4v) is 2.27. The van der Waals surface area contributed by atoms with Gasteiger partial charge in [0, 0.05) is 21.2 Å². The third-order valence-electron chi connectivity index (χ3n) is 3.30. The lowest BCUT2D eigenvalue weighted by Gasteiger charge is -1.93. The van der Waals surface area contributed by atoms with Crippen LogP contribution < -0.4 is 10.9 Å². The van der Waals surface area contributed by atoms with Crippen molar-refractivity contribution in [3.8, 4) is 0 Å². The number of nitrogens with zero attached hydrogens (tertiary/aromatic N) is 4. The quantitative estimate of drug-likeness (QED) is 0.816. The molecule has 0 aromatic carbocycles. The van der Waals surface area contributed by atoms with Gasteiger partial charge in [-0.1, -0.05) is 46.2 Å². The minimum absolute atomic E-state index is 0.0219. The van der Waals surface area contributed by atoms with Crippen LogP contribution in [-0.4, -0.2) is 31.8 Å². The van der Waals surface area contributed by atoms with Crippen molar-refractivity contribution in [1.82, 2.24) is 19.6 Å². The molecule has 2 aromatic rings. The van der Waals surface area contributed by atoms with Gasteiger partial charge in [0.05, 0.1) is 35.5 Å². The third-order valence-corrected chi connectivity index (χ3v) is 4.92. The number of methoxy groups -OCH3 is 1. The van der Waals surface area contributed by atoms with E-state index in [4.69, 9.17) is 9.84 Å². The highest BCUT2D eigenvalue weighted by Crippen LogP contribution is 2.06. The average molecular weight is 390 g/mol. The van der Waals surface area contributed by atoms with Crippen LogP contribution >= 0.6 is 18.5 Å². The molecule has 0 saturated carbocycles. The van der Waals surface area contributed by atoms with E-state index in [1.165, 1.54) is 5.56 Å². The minimum Gasteiger partial charge on any atom is -0.390 e. The van der Waals surface area contributed by atoms with Gasteiger partial charge >= 0.3 is 0 Å². The molecule has 2 atom stereocenters. The summed E-state index contributed by atoms with van der Waals surface area (Å²) in [6.45, 7) is 12.6. The fraction of sp³-hybridized carbons (Fsp3) is 0.647. The number of hydrogen-bond donors (Lipinski definition) is 1. The van der Waals surface area contributed by atoms with Gasteiger partial charge in [-0.25, -0.2) is 0 Å². The van der Waals surface area contributed by atoms with Crippen molar-refractivity contribution in [2.75, 3.05) is 7.11 Å². The third kappa shape index (κ3) is 7.96. The molecular weight excluding hydrogens is 354 g/mol. The van der Waals surface area contributed by atoms with Crippen molar-refractivity contribution in [2.24, 2.45) is 14.1 Å². The fourth-order valence-electron chi connectivity index (χ4n) is 1.82. The number of aryl methyl sites for hydroxylation is 2. The van der Waals surface area contributed by atoms with Crippen LogP contribution in [0.15, 0.2) is 0 Å². The van der Waals surface area contributed by atoms with Crippen LogP contribution in [0.5, 0.6) is 0 Å². The standard InChI is InChI=1S/C7H13N2OP.C6H11N2OP.2C2H6/c1-5-6(4-10-3)8-9(2)7(5)11;1-4-5(3-9)7-8(2)6(4)10;2*1-2/h4,11H2,1-3H3;9H,3,10H2,1-2H3;2*1-2H3. The molecule has 25 heavy (non-hydrogen) atoms. The second kappa shape index (κ2) is 14.4. The maximum absolute atomic E-state index is 8.77. The van der Waals surface area contributed by atoms with Crippen LogP contribution in [0.1, 0.15) is 50.2 Å². The van der Waals surface area contributed by atoms with Gasteiger partial charge in [0.1, 0.15) is 0 Å². The molecule has 0 saturated heterocycles. The molecular formula is C17H36N4O2P2. The van der Waals surface area contributed by atoms with E-state index in [-0.39, 0.29) is 6.61 Å². The zero-order valence-electron chi connectivity index (χ0n) is 17.2.